The highest BCUT2D eigenvalue weighted by atomic mass is 16.4. The lowest BCUT2D eigenvalue weighted by atomic mass is 10.0. The van der Waals surface area contributed by atoms with Crippen LogP contribution in [0.1, 0.15) is 25.8 Å². The van der Waals surface area contributed by atoms with Crippen molar-refractivity contribution in [1.82, 2.24) is 5.32 Å². The van der Waals surface area contributed by atoms with Gasteiger partial charge in [0, 0.05) is 0 Å². The van der Waals surface area contributed by atoms with Crippen LogP contribution in [0.15, 0.2) is 30.3 Å². The molecule has 0 aromatic heterocycles. The molecule has 1 aromatic rings. The van der Waals surface area contributed by atoms with Crippen molar-refractivity contribution in [1.29, 1.82) is 0 Å². The number of carboxylic acids is 3. The summed E-state index contributed by atoms with van der Waals surface area (Å²) in [5.74, 6) is -3.26. The van der Waals surface area contributed by atoms with E-state index in [4.69, 9.17) is 26.2 Å². The van der Waals surface area contributed by atoms with E-state index in [0.29, 0.717) is 12.8 Å². The summed E-state index contributed by atoms with van der Waals surface area (Å²) in [5.41, 5.74) is 5.95. The van der Waals surface area contributed by atoms with E-state index >= 15 is 0 Å². The molecule has 0 radical (unpaired) electrons. The fraction of sp³-hybridized carbons (Fsp3) is 0.471. The molecule has 7 N–H and O–H groups in total. The molecule has 0 spiro atoms. The first kappa shape index (κ1) is 23.5. The van der Waals surface area contributed by atoms with Crippen LogP contribution in [-0.4, -0.2) is 62.6 Å². The first-order valence-electron chi connectivity index (χ1n) is 7.98. The van der Waals surface area contributed by atoms with Crippen LogP contribution in [0.4, 0.5) is 0 Å². The van der Waals surface area contributed by atoms with E-state index in [1.165, 1.54) is 13.8 Å². The highest BCUT2D eigenvalue weighted by molar-refractivity contribution is 5.77. The second-order valence-electron chi connectivity index (χ2n) is 5.75. The van der Waals surface area contributed by atoms with Gasteiger partial charge in [0.2, 0.25) is 0 Å². The van der Waals surface area contributed by atoms with Gasteiger partial charge in [-0.25, -0.2) is 0 Å². The highest BCUT2D eigenvalue weighted by Crippen LogP contribution is 2.06. The molecule has 0 amide bonds. The smallest absolute Gasteiger partial charge is 0.323 e. The van der Waals surface area contributed by atoms with Crippen LogP contribution in [0, 0.1) is 0 Å². The molecule has 0 aliphatic carbocycles. The summed E-state index contributed by atoms with van der Waals surface area (Å²) in [7, 11) is 0. The fourth-order valence-electron chi connectivity index (χ4n) is 1.81. The first-order valence-corrected chi connectivity index (χ1v) is 7.98. The molecule has 0 heterocycles. The van der Waals surface area contributed by atoms with Crippen LogP contribution < -0.4 is 11.1 Å². The number of aliphatic hydroxyl groups is 1. The molecule has 1 aromatic carbocycles. The number of aliphatic hydroxyl groups excluding tert-OH is 1. The zero-order chi connectivity index (χ0) is 20.3. The monoisotopic (exact) mass is 370 g/mol. The standard InChI is InChI=1S/C13H17NO4.C4H9NO3/c1-9(12(15)16)14-11(13(17)18)8-7-10-5-3-2-4-6-10;1-2(6)3(5)4(7)8/h2-6,9,11,14H,7-8H2,1H3,(H,15,16)(H,17,18);2-3,6H,5H2,1H3,(H,7,8)/t9-,11+;2-,3+/m11/s1. The number of hydrogen-bond donors (Lipinski definition) is 6. The maximum atomic E-state index is 11.0. The summed E-state index contributed by atoms with van der Waals surface area (Å²) in [6, 6.07) is 6.62. The number of nitrogens with two attached hydrogens (primary N) is 1. The van der Waals surface area contributed by atoms with E-state index < -0.39 is 42.1 Å². The third-order valence-corrected chi connectivity index (χ3v) is 3.49. The van der Waals surface area contributed by atoms with Gasteiger partial charge in [0.15, 0.2) is 0 Å². The maximum Gasteiger partial charge on any atom is 0.323 e. The van der Waals surface area contributed by atoms with Gasteiger partial charge in [-0.3, -0.25) is 19.7 Å². The van der Waals surface area contributed by atoms with Crippen molar-refractivity contribution in [3.8, 4) is 0 Å². The first-order chi connectivity index (χ1) is 12.1. The predicted octanol–water partition coefficient (Wildman–Crippen LogP) is -0.0858. The predicted molar refractivity (Wildman–Crippen MR) is 93.7 cm³/mol. The van der Waals surface area contributed by atoms with Gasteiger partial charge in [-0.05, 0) is 32.3 Å². The van der Waals surface area contributed by atoms with Gasteiger partial charge in [0.25, 0.3) is 0 Å². The van der Waals surface area contributed by atoms with Crippen LogP contribution >= 0.6 is 0 Å². The van der Waals surface area contributed by atoms with Crippen LogP contribution in [0.5, 0.6) is 0 Å². The molecule has 0 saturated carbocycles. The van der Waals surface area contributed by atoms with Gasteiger partial charge in [-0.1, -0.05) is 30.3 Å². The van der Waals surface area contributed by atoms with Crippen molar-refractivity contribution in [2.75, 3.05) is 0 Å². The SMILES string of the molecule is C[C@@H](N[C@@H](CCc1ccccc1)C(=O)O)C(=O)O.C[C@@H](O)[C@H](N)C(=O)O. The van der Waals surface area contributed by atoms with Crippen LogP contribution in [0.25, 0.3) is 0 Å². The van der Waals surface area contributed by atoms with Gasteiger partial charge < -0.3 is 26.2 Å². The lowest BCUT2D eigenvalue weighted by molar-refractivity contribution is -0.143. The summed E-state index contributed by atoms with van der Waals surface area (Å²) < 4.78 is 0. The van der Waals surface area contributed by atoms with Crippen molar-refractivity contribution < 1.29 is 34.8 Å². The van der Waals surface area contributed by atoms with E-state index in [9.17, 15) is 14.4 Å². The average molecular weight is 370 g/mol. The number of benzene rings is 1. The zero-order valence-corrected chi connectivity index (χ0v) is 14.7. The Kier molecular flexibility index (Phi) is 10.8. The van der Waals surface area contributed by atoms with E-state index in [-0.39, 0.29) is 0 Å². The minimum absolute atomic E-state index is 0.358. The number of nitrogens with one attached hydrogen (secondary N) is 1. The third kappa shape index (κ3) is 9.72. The van der Waals surface area contributed by atoms with Gasteiger partial charge in [0.1, 0.15) is 18.1 Å². The molecule has 0 bridgehead atoms. The molecule has 146 valence electrons. The van der Waals surface area contributed by atoms with Crippen LogP contribution in [-0.2, 0) is 20.8 Å². The second-order valence-corrected chi connectivity index (χ2v) is 5.75. The number of aryl methyl sites for hydroxylation is 1. The van der Waals surface area contributed by atoms with Gasteiger partial charge in [-0.2, -0.15) is 0 Å². The Hall–Kier alpha value is -2.49. The molecule has 0 aliphatic heterocycles. The van der Waals surface area contributed by atoms with Crippen LogP contribution in [0.2, 0.25) is 0 Å². The zero-order valence-electron chi connectivity index (χ0n) is 14.7. The topological polar surface area (TPSA) is 170 Å². The average Bonchev–Trinajstić information content (AvgIpc) is 2.58. The van der Waals surface area contributed by atoms with Crippen LogP contribution in [0.3, 0.4) is 0 Å². The quantitative estimate of drug-likeness (QED) is 0.348. The molecule has 4 atom stereocenters. The fourth-order valence-corrected chi connectivity index (χ4v) is 1.81. The Morgan fingerprint density at radius 1 is 1.00 bits per heavy atom. The Morgan fingerprint density at radius 2 is 1.54 bits per heavy atom. The molecular formula is C17H26N2O7. The highest BCUT2D eigenvalue weighted by Gasteiger charge is 2.22. The van der Waals surface area contributed by atoms with E-state index in [2.05, 4.69) is 5.32 Å². The molecular weight excluding hydrogens is 344 g/mol. The van der Waals surface area contributed by atoms with Gasteiger partial charge >= 0.3 is 17.9 Å². The molecule has 0 saturated heterocycles. The largest absolute Gasteiger partial charge is 0.480 e. The second kappa shape index (κ2) is 12.0. The van der Waals surface area contributed by atoms with Crippen molar-refractivity contribution in [3.05, 3.63) is 35.9 Å². The third-order valence-electron chi connectivity index (χ3n) is 3.49. The van der Waals surface area contributed by atoms with Gasteiger partial charge in [0.05, 0.1) is 6.10 Å². The minimum Gasteiger partial charge on any atom is -0.480 e. The summed E-state index contributed by atoms with van der Waals surface area (Å²) in [5, 5.41) is 36.9. The normalized spacial score (nSPS) is 14.9. The summed E-state index contributed by atoms with van der Waals surface area (Å²) in [6.45, 7) is 2.76. The molecule has 26 heavy (non-hydrogen) atoms. The lowest BCUT2D eigenvalue weighted by Gasteiger charge is -2.17. The van der Waals surface area contributed by atoms with E-state index in [1.54, 1.807) is 0 Å². The molecule has 0 aliphatic rings. The Bertz CT molecular complexity index is 578. The number of aliphatic carboxylic acids is 3. The molecule has 9 heteroatoms. The lowest BCUT2D eigenvalue weighted by Crippen LogP contribution is -2.45. The van der Waals surface area contributed by atoms with Gasteiger partial charge in [-0.15, -0.1) is 0 Å². The van der Waals surface area contributed by atoms with Crippen molar-refractivity contribution in [2.24, 2.45) is 5.73 Å². The van der Waals surface area contributed by atoms with E-state index in [0.717, 1.165) is 5.56 Å². The van der Waals surface area contributed by atoms with E-state index in [1.807, 2.05) is 30.3 Å². The van der Waals surface area contributed by atoms with Crippen molar-refractivity contribution >= 4 is 17.9 Å². The Morgan fingerprint density at radius 3 is 1.88 bits per heavy atom. The molecule has 0 unspecified atom stereocenters. The number of carboxylic acid groups (broad SMARTS) is 3. The molecule has 0 fully saturated rings. The minimum atomic E-state index is -1.18. The molecule has 1 rings (SSSR count). The molecule has 9 nitrogen and oxygen atoms in total. The van der Waals surface area contributed by atoms with Crippen molar-refractivity contribution in [2.45, 2.75) is 50.9 Å². The number of rotatable bonds is 9. The Labute approximate surface area is 151 Å². The summed E-state index contributed by atoms with van der Waals surface area (Å²) in [6.07, 6.45) is -0.0267. The summed E-state index contributed by atoms with van der Waals surface area (Å²) in [4.78, 5) is 31.6. The number of carbonyl (C=O) groups is 3. The summed E-state index contributed by atoms with van der Waals surface area (Å²) >= 11 is 0. The number of hydrogen-bond acceptors (Lipinski definition) is 6. The maximum absolute atomic E-state index is 11.0. The Balaban J connectivity index is 0.000000660. The van der Waals surface area contributed by atoms with Crippen molar-refractivity contribution in [3.63, 3.8) is 0 Å².